The summed E-state index contributed by atoms with van der Waals surface area (Å²) < 4.78 is 5.78. The summed E-state index contributed by atoms with van der Waals surface area (Å²) in [5, 5.41) is 3.83. The van der Waals surface area contributed by atoms with Crippen molar-refractivity contribution in [3.63, 3.8) is 0 Å². The Hall–Kier alpha value is -2.04. The fourth-order valence-electron chi connectivity index (χ4n) is 3.82. The second-order valence-corrected chi connectivity index (χ2v) is 9.49. The van der Waals surface area contributed by atoms with Crippen LogP contribution in [0.5, 0.6) is 5.75 Å². The van der Waals surface area contributed by atoms with Crippen LogP contribution >= 0.6 is 11.6 Å². The van der Waals surface area contributed by atoms with Gasteiger partial charge >= 0.3 is 0 Å². The van der Waals surface area contributed by atoms with E-state index in [4.69, 9.17) is 16.3 Å². The number of likely N-dealkylation sites (tertiary alicyclic amines) is 1. The van der Waals surface area contributed by atoms with Crippen molar-refractivity contribution >= 4 is 17.5 Å². The number of halogens is 1. The van der Waals surface area contributed by atoms with Gasteiger partial charge in [0.15, 0.2) is 0 Å². The number of nitrogens with one attached hydrogen (secondary N) is 1. The molecule has 2 aromatic rings. The Morgan fingerprint density at radius 2 is 1.90 bits per heavy atom. The third-order valence-corrected chi connectivity index (χ3v) is 5.99. The number of nitrogens with zero attached hydrogens (tertiary/aromatic N) is 1. The number of carbonyl (C=O) groups excluding carboxylic acids is 1. The zero-order valence-corrected chi connectivity index (χ0v) is 19.0. The SMILES string of the molecule is CC(C)(C)c1ccc(OCCNC(=O)C2CCCN(Cc3ccccc3Cl)C2)cc1. The fourth-order valence-corrected chi connectivity index (χ4v) is 4.01. The normalized spacial score (nSPS) is 17.5. The maximum atomic E-state index is 12.6. The summed E-state index contributed by atoms with van der Waals surface area (Å²) in [4.78, 5) is 14.9. The van der Waals surface area contributed by atoms with Gasteiger partial charge in [0, 0.05) is 18.1 Å². The molecule has 1 fully saturated rings. The van der Waals surface area contributed by atoms with Crippen LogP contribution in [-0.2, 0) is 16.8 Å². The molecule has 1 atom stereocenters. The van der Waals surface area contributed by atoms with Gasteiger partial charge in [0.1, 0.15) is 12.4 Å². The van der Waals surface area contributed by atoms with Gasteiger partial charge in [0.05, 0.1) is 12.5 Å². The van der Waals surface area contributed by atoms with E-state index >= 15 is 0 Å². The second kappa shape index (κ2) is 10.3. The summed E-state index contributed by atoms with van der Waals surface area (Å²) in [5.41, 5.74) is 2.53. The highest BCUT2D eigenvalue weighted by Gasteiger charge is 2.25. The van der Waals surface area contributed by atoms with Crippen molar-refractivity contribution in [2.75, 3.05) is 26.2 Å². The Morgan fingerprint density at radius 3 is 2.60 bits per heavy atom. The molecule has 5 heteroatoms. The third-order valence-electron chi connectivity index (χ3n) is 5.62. The number of hydrogen-bond acceptors (Lipinski definition) is 3. The van der Waals surface area contributed by atoms with Crippen molar-refractivity contribution in [2.24, 2.45) is 5.92 Å². The van der Waals surface area contributed by atoms with E-state index in [1.54, 1.807) is 0 Å². The van der Waals surface area contributed by atoms with Crippen LogP contribution < -0.4 is 10.1 Å². The van der Waals surface area contributed by atoms with Gasteiger partial charge in [-0.05, 0) is 54.1 Å². The molecule has 0 saturated carbocycles. The summed E-state index contributed by atoms with van der Waals surface area (Å²) in [6.45, 7) is 10.1. The van der Waals surface area contributed by atoms with Crippen molar-refractivity contribution in [3.8, 4) is 5.75 Å². The van der Waals surface area contributed by atoms with Gasteiger partial charge in [-0.15, -0.1) is 0 Å². The van der Waals surface area contributed by atoms with Crippen molar-refractivity contribution in [3.05, 3.63) is 64.7 Å². The minimum absolute atomic E-state index is 0.0207. The largest absolute Gasteiger partial charge is 0.492 e. The molecule has 30 heavy (non-hydrogen) atoms. The third kappa shape index (κ3) is 6.48. The Bertz CT molecular complexity index is 830. The molecular weight excluding hydrogens is 396 g/mol. The van der Waals surface area contributed by atoms with Crippen molar-refractivity contribution < 1.29 is 9.53 Å². The molecule has 2 aromatic carbocycles. The molecule has 0 radical (unpaired) electrons. The topological polar surface area (TPSA) is 41.6 Å². The number of rotatable bonds is 7. The van der Waals surface area contributed by atoms with Crippen LogP contribution in [0.4, 0.5) is 0 Å². The summed E-state index contributed by atoms with van der Waals surface area (Å²) in [6, 6.07) is 16.1. The highest BCUT2D eigenvalue weighted by Crippen LogP contribution is 2.24. The van der Waals surface area contributed by atoms with Crippen LogP contribution in [-0.4, -0.2) is 37.0 Å². The van der Waals surface area contributed by atoms with E-state index in [2.05, 4.69) is 49.2 Å². The predicted octanol–water partition coefficient (Wildman–Crippen LogP) is 5.04. The number of amides is 1. The van der Waals surface area contributed by atoms with E-state index in [1.165, 1.54) is 5.56 Å². The first-order valence-electron chi connectivity index (χ1n) is 10.8. The van der Waals surface area contributed by atoms with E-state index in [0.717, 1.165) is 48.8 Å². The molecule has 162 valence electrons. The number of piperidine rings is 1. The summed E-state index contributed by atoms with van der Waals surface area (Å²) in [6.07, 6.45) is 1.96. The molecule has 1 N–H and O–H groups in total. The van der Waals surface area contributed by atoms with E-state index < -0.39 is 0 Å². The number of ether oxygens (including phenoxy) is 1. The molecule has 0 aromatic heterocycles. The average Bonchev–Trinajstić information content (AvgIpc) is 2.73. The molecule has 0 bridgehead atoms. The van der Waals surface area contributed by atoms with Crippen LogP contribution in [0.3, 0.4) is 0 Å². The molecule has 3 rings (SSSR count). The Labute approximate surface area is 185 Å². The van der Waals surface area contributed by atoms with E-state index in [9.17, 15) is 4.79 Å². The number of carbonyl (C=O) groups is 1. The summed E-state index contributed by atoms with van der Waals surface area (Å²) in [5.74, 6) is 0.971. The highest BCUT2D eigenvalue weighted by atomic mass is 35.5. The fraction of sp³-hybridized carbons (Fsp3) is 0.480. The van der Waals surface area contributed by atoms with Crippen LogP contribution in [0.2, 0.25) is 5.02 Å². The van der Waals surface area contributed by atoms with Crippen LogP contribution in [0.15, 0.2) is 48.5 Å². The highest BCUT2D eigenvalue weighted by molar-refractivity contribution is 6.31. The zero-order valence-electron chi connectivity index (χ0n) is 18.3. The van der Waals surface area contributed by atoms with E-state index in [-0.39, 0.29) is 17.2 Å². The van der Waals surface area contributed by atoms with Crippen LogP contribution in [0.25, 0.3) is 0 Å². The molecule has 0 spiro atoms. The standard InChI is InChI=1S/C25H33ClN2O2/c1-25(2,3)21-10-12-22(13-11-21)30-16-14-27-24(29)20-8-6-15-28(18-20)17-19-7-4-5-9-23(19)26/h4-5,7,9-13,20H,6,8,14-18H2,1-3H3,(H,27,29). The molecule has 1 amide bonds. The van der Waals surface area contributed by atoms with Crippen LogP contribution in [0, 0.1) is 5.92 Å². The van der Waals surface area contributed by atoms with E-state index in [1.807, 2.05) is 30.3 Å². The van der Waals surface area contributed by atoms with Gasteiger partial charge < -0.3 is 10.1 Å². The quantitative estimate of drug-likeness (QED) is 0.628. The molecule has 1 aliphatic heterocycles. The molecule has 1 heterocycles. The van der Waals surface area contributed by atoms with Gasteiger partial charge in [-0.3, -0.25) is 9.69 Å². The van der Waals surface area contributed by atoms with Gasteiger partial charge in [0.25, 0.3) is 0 Å². The summed E-state index contributed by atoms with van der Waals surface area (Å²) >= 11 is 6.29. The van der Waals surface area contributed by atoms with Crippen molar-refractivity contribution in [2.45, 2.75) is 45.6 Å². The first kappa shape index (κ1) is 22.6. The summed E-state index contributed by atoms with van der Waals surface area (Å²) in [7, 11) is 0. The zero-order chi connectivity index (χ0) is 21.6. The lowest BCUT2D eigenvalue weighted by molar-refractivity contribution is -0.126. The minimum Gasteiger partial charge on any atom is -0.492 e. The van der Waals surface area contributed by atoms with E-state index in [0.29, 0.717) is 13.2 Å². The van der Waals surface area contributed by atoms with Gasteiger partial charge in [-0.1, -0.05) is 62.7 Å². The molecule has 4 nitrogen and oxygen atoms in total. The lowest BCUT2D eigenvalue weighted by Gasteiger charge is -2.32. The lowest BCUT2D eigenvalue weighted by Crippen LogP contribution is -2.43. The Balaban J connectivity index is 1.41. The Kier molecular flexibility index (Phi) is 7.79. The Morgan fingerprint density at radius 1 is 1.17 bits per heavy atom. The molecule has 1 saturated heterocycles. The maximum Gasteiger partial charge on any atom is 0.224 e. The lowest BCUT2D eigenvalue weighted by atomic mass is 9.87. The monoisotopic (exact) mass is 428 g/mol. The molecule has 1 aliphatic rings. The molecule has 0 aliphatic carbocycles. The first-order valence-corrected chi connectivity index (χ1v) is 11.2. The second-order valence-electron chi connectivity index (χ2n) is 9.08. The number of benzene rings is 2. The smallest absolute Gasteiger partial charge is 0.224 e. The van der Waals surface area contributed by atoms with Gasteiger partial charge in [-0.25, -0.2) is 0 Å². The molecular formula is C25H33ClN2O2. The van der Waals surface area contributed by atoms with Crippen LogP contribution in [0.1, 0.15) is 44.7 Å². The van der Waals surface area contributed by atoms with Gasteiger partial charge in [0.2, 0.25) is 5.91 Å². The first-order chi connectivity index (χ1) is 14.3. The average molecular weight is 429 g/mol. The van der Waals surface area contributed by atoms with Crippen molar-refractivity contribution in [1.82, 2.24) is 10.2 Å². The molecule has 1 unspecified atom stereocenters. The van der Waals surface area contributed by atoms with Crippen molar-refractivity contribution in [1.29, 1.82) is 0 Å². The minimum atomic E-state index is 0.0207. The maximum absolute atomic E-state index is 12.6. The predicted molar refractivity (Wildman–Crippen MR) is 123 cm³/mol. The number of hydrogen-bond donors (Lipinski definition) is 1. The van der Waals surface area contributed by atoms with Gasteiger partial charge in [-0.2, -0.15) is 0 Å².